The third kappa shape index (κ3) is 2.84. The van der Waals surface area contributed by atoms with Crippen LogP contribution in [0.4, 0.5) is 4.39 Å². The highest BCUT2D eigenvalue weighted by Gasteiger charge is 2.13. The van der Waals surface area contributed by atoms with Crippen LogP contribution in [0.15, 0.2) is 18.3 Å². The van der Waals surface area contributed by atoms with Crippen molar-refractivity contribution < 1.29 is 9.18 Å². The first-order valence-corrected chi connectivity index (χ1v) is 6.45. The Morgan fingerprint density at radius 3 is 2.70 bits per heavy atom. The molecule has 0 fully saturated rings. The van der Waals surface area contributed by atoms with E-state index in [4.69, 9.17) is 0 Å². The van der Waals surface area contributed by atoms with Crippen molar-refractivity contribution in [2.75, 3.05) is 0 Å². The molecule has 0 unspecified atom stereocenters. The number of aryl methyl sites for hydroxylation is 2. The number of carbonyl (C=O) groups excluding carboxylic acids is 1. The molecule has 0 radical (unpaired) electrons. The van der Waals surface area contributed by atoms with E-state index in [9.17, 15) is 9.18 Å². The minimum Gasteiger partial charge on any atom is -0.346 e. The maximum Gasteiger partial charge on any atom is 0.270 e. The zero-order valence-corrected chi connectivity index (χ0v) is 11.8. The van der Waals surface area contributed by atoms with Crippen LogP contribution in [0.1, 0.15) is 34.4 Å². The maximum absolute atomic E-state index is 12.7. The molecule has 2 aromatic rings. The Kier molecular flexibility index (Phi) is 4.12. The van der Waals surface area contributed by atoms with Gasteiger partial charge in [-0.2, -0.15) is 5.10 Å². The summed E-state index contributed by atoms with van der Waals surface area (Å²) in [6, 6.07) is 2.58. The fraction of sp³-hybridized carbons (Fsp3) is 0.357. The average Bonchev–Trinajstić information content (AvgIpc) is 2.71. The van der Waals surface area contributed by atoms with Gasteiger partial charge in [-0.15, -0.1) is 0 Å². The molecule has 106 valence electrons. The molecule has 0 saturated heterocycles. The molecule has 0 atom stereocenters. The summed E-state index contributed by atoms with van der Waals surface area (Å²) in [5.41, 5.74) is 3.14. The zero-order chi connectivity index (χ0) is 14.7. The first kappa shape index (κ1) is 14.2. The Labute approximate surface area is 116 Å². The molecule has 2 heterocycles. The van der Waals surface area contributed by atoms with E-state index in [1.165, 1.54) is 12.1 Å². The SMILES string of the molecule is CCn1nc(C)c(CNC(=O)c2ccc(F)cn2)c1C. The van der Waals surface area contributed by atoms with Gasteiger partial charge in [0.25, 0.3) is 5.91 Å². The van der Waals surface area contributed by atoms with Gasteiger partial charge in [0.05, 0.1) is 11.9 Å². The van der Waals surface area contributed by atoms with Gasteiger partial charge in [0, 0.05) is 24.3 Å². The maximum atomic E-state index is 12.7. The number of nitrogens with zero attached hydrogens (tertiary/aromatic N) is 3. The number of hydrogen-bond donors (Lipinski definition) is 1. The summed E-state index contributed by atoms with van der Waals surface area (Å²) in [5, 5.41) is 7.17. The molecule has 0 aliphatic rings. The molecular formula is C14H17FN4O. The Balaban J connectivity index is 2.07. The normalized spacial score (nSPS) is 10.6. The number of nitrogens with one attached hydrogen (secondary N) is 1. The highest BCUT2D eigenvalue weighted by atomic mass is 19.1. The van der Waals surface area contributed by atoms with E-state index in [2.05, 4.69) is 15.4 Å². The van der Waals surface area contributed by atoms with Crippen LogP contribution in [0.2, 0.25) is 0 Å². The Hall–Kier alpha value is -2.24. The lowest BCUT2D eigenvalue weighted by Gasteiger charge is -2.06. The molecule has 2 aromatic heterocycles. The highest BCUT2D eigenvalue weighted by Crippen LogP contribution is 2.12. The van der Waals surface area contributed by atoms with Gasteiger partial charge in [0.2, 0.25) is 0 Å². The number of rotatable bonds is 4. The van der Waals surface area contributed by atoms with Crippen LogP contribution in [0.5, 0.6) is 0 Å². The van der Waals surface area contributed by atoms with Crippen molar-refractivity contribution in [1.29, 1.82) is 0 Å². The largest absolute Gasteiger partial charge is 0.346 e. The second kappa shape index (κ2) is 5.81. The molecule has 6 heteroatoms. The molecule has 5 nitrogen and oxygen atoms in total. The molecule has 1 N–H and O–H groups in total. The molecule has 0 saturated carbocycles. The molecule has 0 aromatic carbocycles. The summed E-state index contributed by atoms with van der Waals surface area (Å²) < 4.78 is 14.6. The Bertz CT molecular complexity index is 619. The number of halogens is 1. The predicted molar refractivity (Wildman–Crippen MR) is 72.7 cm³/mol. The quantitative estimate of drug-likeness (QED) is 0.929. The van der Waals surface area contributed by atoms with Gasteiger partial charge < -0.3 is 5.32 Å². The summed E-state index contributed by atoms with van der Waals surface area (Å²) in [6.45, 7) is 7.08. The molecule has 2 rings (SSSR count). The van der Waals surface area contributed by atoms with E-state index < -0.39 is 5.82 Å². The van der Waals surface area contributed by atoms with Crippen LogP contribution < -0.4 is 5.32 Å². The van der Waals surface area contributed by atoms with Crippen LogP contribution in [-0.4, -0.2) is 20.7 Å². The van der Waals surface area contributed by atoms with E-state index in [1.807, 2.05) is 25.5 Å². The van der Waals surface area contributed by atoms with Gasteiger partial charge in [-0.1, -0.05) is 0 Å². The number of aromatic nitrogens is 3. The van der Waals surface area contributed by atoms with E-state index in [-0.39, 0.29) is 11.6 Å². The number of hydrogen-bond acceptors (Lipinski definition) is 3. The van der Waals surface area contributed by atoms with E-state index in [0.717, 1.165) is 29.7 Å². The second-order valence-corrected chi connectivity index (χ2v) is 4.51. The lowest BCUT2D eigenvalue weighted by atomic mass is 10.2. The van der Waals surface area contributed by atoms with Crippen molar-refractivity contribution in [3.8, 4) is 0 Å². The molecular weight excluding hydrogens is 259 g/mol. The lowest BCUT2D eigenvalue weighted by Crippen LogP contribution is -2.24. The fourth-order valence-corrected chi connectivity index (χ4v) is 2.07. The van der Waals surface area contributed by atoms with Crippen molar-refractivity contribution in [1.82, 2.24) is 20.1 Å². The highest BCUT2D eigenvalue weighted by molar-refractivity contribution is 5.92. The van der Waals surface area contributed by atoms with Crippen molar-refractivity contribution in [2.24, 2.45) is 0 Å². The molecule has 1 amide bonds. The van der Waals surface area contributed by atoms with Gasteiger partial charge in [0.1, 0.15) is 11.5 Å². The van der Waals surface area contributed by atoms with Gasteiger partial charge in [-0.25, -0.2) is 9.37 Å². The van der Waals surface area contributed by atoms with E-state index >= 15 is 0 Å². The van der Waals surface area contributed by atoms with Crippen LogP contribution >= 0.6 is 0 Å². The number of amides is 1. The van der Waals surface area contributed by atoms with E-state index in [0.29, 0.717) is 6.54 Å². The van der Waals surface area contributed by atoms with Crippen LogP contribution in [0.3, 0.4) is 0 Å². The summed E-state index contributed by atoms with van der Waals surface area (Å²) in [6.07, 6.45) is 1.03. The molecule has 0 aliphatic heterocycles. The topological polar surface area (TPSA) is 59.8 Å². The van der Waals surface area contributed by atoms with Crippen molar-refractivity contribution >= 4 is 5.91 Å². The zero-order valence-electron chi connectivity index (χ0n) is 11.8. The van der Waals surface area contributed by atoms with Gasteiger partial charge in [-0.05, 0) is 32.9 Å². The smallest absolute Gasteiger partial charge is 0.270 e. The number of pyridine rings is 1. The molecule has 20 heavy (non-hydrogen) atoms. The van der Waals surface area contributed by atoms with Gasteiger partial charge in [-0.3, -0.25) is 9.48 Å². The van der Waals surface area contributed by atoms with Crippen molar-refractivity contribution in [3.05, 3.63) is 46.8 Å². The molecule has 0 spiro atoms. The summed E-state index contributed by atoms with van der Waals surface area (Å²) >= 11 is 0. The summed E-state index contributed by atoms with van der Waals surface area (Å²) in [4.78, 5) is 15.7. The summed E-state index contributed by atoms with van der Waals surface area (Å²) in [5.74, 6) is -0.787. The standard InChI is InChI=1S/C14H17FN4O/c1-4-19-10(3)12(9(2)18-19)8-17-14(20)13-6-5-11(15)7-16-13/h5-7H,4,8H2,1-3H3,(H,17,20). The summed E-state index contributed by atoms with van der Waals surface area (Å²) in [7, 11) is 0. The van der Waals surface area contributed by atoms with Crippen molar-refractivity contribution in [3.63, 3.8) is 0 Å². The molecule has 0 bridgehead atoms. The van der Waals surface area contributed by atoms with Crippen LogP contribution in [-0.2, 0) is 13.1 Å². The predicted octanol–water partition coefficient (Wildman–Crippen LogP) is 1.98. The first-order chi connectivity index (χ1) is 9.52. The minimum atomic E-state index is -0.461. The minimum absolute atomic E-state index is 0.199. The van der Waals surface area contributed by atoms with Crippen LogP contribution in [0.25, 0.3) is 0 Å². The average molecular weight is 276 g/mol. The van der Waals surface area contributed by atoms with Crippen LogP contribution in [0, 0.1) is 19.7 Å². The van der Waals surface area contributed by atoms with E-state index in [1.54, 1.807) is 0 Å². The fourth-order valence-electron chi connectivity index (χ4n) is 2.07. The lowest BCUT2D eigenvalue weighted by molar-refractivity contribution is 0.0946. The molecule has 0 aliphatic carbocycles. The second-order valence-electron chi connectivity index (χ2n) is 4.51. The third-order valence-corrected chi connectivity index (χ3v) is 3.22. The first-order valence-electron chi connectivity index (χ1n) is 6.45. The Morgan fingerprint density at radius 2 is 2.15 bits per heavy atom. The Morgan fingerprint density at radius 1 is 1.40 bits per heavy atom. The monoisotopic (exact) mass is 276 g/mol. The third-order valence-electron chi connectivity index (χ3n) is 3.22. The van der Waals surface area contributed by atoms with Gasteiger partial charge in [0.15, 0.2) is 0 Å². The number of carbonyl (C=O) groups is 1. The van der Waals surface area contributed by atoms with Crippen molar-refractivity contribution in [2.45, 2.75) is 33.9 Å². The van der Waals surface area contributed by atoms with Gasteiger partial charge >= 0.3 is 0 Å².